The van der Waals surface area contributed by atoms with E-state index in [1.165, 1.54) is 16.5 Å². The summed E-state index contributed by atoms with van der Waals surface area (Å²) in [4.78, 5) is 42.6. The van der Waals surface area contributed by atoms with Gasteiger partial charge in [0.2, 0.25) is 0 Å². The lowest BCUT2D eigenvalue weighted by atomic mass is 9.86. The Labute approximate surface area is 342 Å². The molecule has 7 N–H and O–H groups in total. The van der Waals surface area contributed by atoms with Crippen molar-refractivity contribution in [1.29, 1.82) is 0 Å². The molecule has 58 heavy (non-hydrogen) atoms. The number of rotatable bonds is 5. The quantitative estimate of drug-likeness (QED) is 0.109. The van der Waals surface area contributed by atoms with Gasteiger partial charge in [0.25, 0.3) is 0 Å². The number of aliphatic hydroxyl groups excluding tert-OH is 1. The summed E-state index contributed by atoms with van der Waals surface area (Å²) in [5.74, 6) is 1.90. The van der Waals surface area contributed by atoms with Crippen molar-refractivity contribution in [2.24, 2.45) is 4.99 Å². The van der Waals surface area contributed by atoms with Gasteiger partial charge in [-0.15, -0.1) is 0 Å². The second kappa shape index (κ2) is 15.1. The molecule has 0 aliphatic carbocycles. The number of anilines is 2. The predicted molar refractivity (Wildman–Crippen MR) is 223 cm³/mol. The van der Waals surface area contributed by atoms with Crippen molar-refractivity contribution >= 4 is 56.4 Å². The molecule has 9 rings (SSSR count). The SMILES string of the molecule is Cc1cc(=O)c2c(O)c3c(cc2o1)O[C@@]1(C)CCSSCc2c(cc(C[NH+]4C=C5N=CC=C5C4)nc2N)-c2cc(cc(N)n2)CC[C@H]2O[C@@]2(CCCO)C(=O)O[C@@H]1C3. The summed E-state index contributed by atoms with van der Waals surface area (Å²) in [6, 6.07) is 8.88. The summed E-state index contributed by atoms with van der Waals surface area (Å²) in [6.07, 6.45) is 6.87. The van der Waals surface area contributed by atoms with Crippen molar-refractivity contribution in [3.8, 4) is 22.8 Å². The number of nitrogen functional groups attached to an aromatic ring is 2. The first-order valence-corrected chi connectivity index (χ1v) is 22.0. The van der Waals surface area contributed by atoms with Crippen LogP contribution in [0.1, 0.15) is 60.8 Å². The molecule has 5 aliphatic rings. The Kier molecular flexibility index (Phi) is 10.0. The molecule has 0 amide bonds. The van der Waals surface area contributed by atoms with Gasteiger partial charge in [-0.05, 0) is 69.4 Å². The number of nitrogens with one attached hydrogen (secondary N) is 1. The highest BCUT2D eigenvalue weighted by molar-refractivity contribution is 8.76. The topological polar surface area (TPSA) is 213 Å². The van der Waals surface area contributed by atoms with E-state index in [0.29, 0.717) is 78.1 Å². The summed E-state index contributed by atoms with van der Waals surface area (Å²) in [5, 5.41) is 21.3. The Morgan fingerprint density at radius 2 is 1.93 bits per heavy atom. The summed E-state index contributed by atoms with van der Waals surface area (Å²) in [7, 11) is 3.25. The van der Waals surface area contributed by atoms with Gasteiger partial charge in [-0.2, -0.15) is 0 Å². The molecule has 16 heteroatoms. The molecule has 0 radical (unpaired) electrons. The van der Waals surface area contributed by atoms with Crippen LogP contribution >= 0.6 is 21.6 Å². The fourth-order valence-corrected chi connectivity index (χ4v) is 10.9. The number of phenols is 1. The van der Waals surface area contributed by atoms with Crippen molar-refractivity contribution in [2.75, 3.05) is 30.4 Å². The number of phenolic OH excluding ortho intramolecular Hbond substituents is 1. The average molecular weight is 826 g/mol. The Balaban J connectivity index is 1.06. The van der Waals surface area contributed by atoms with Gasteiger partial charge < -0.3 is 40.3 Å². The number of esters is 1. The Morgan fingerprint density at radius 1 is 1.07 bits per heavy atom. The molecule has 1 aromatic carbocycles. The number of carbonyl (C=O) groups excluding carboxylic acids is 1. The molecule has 1 saturated heterocycles. The van der Waals surface area contributed by atoms with E-state index in [1.807, 2.05) is 31.3 Å². The number of aliphatic hydroxyl groups is 1. The molecule has 4 aromatic rings. The number of hydrogen-bond acceptors (Lipinski definition) is 15. The number of allylic oxidation sites excluding steroid dienone is 1. The van der Waals surface area contributed by atoms with Crippen LogP contribution in [0.3, 0.4) is 0 Å². The lowest BCUT2D eigenvalue weighted by Gasteiger charge is -2.42. The van der Waals surface area contributed by atoms with E-state index >= 15 is 0 Å². The molecule has 1 fully saturated rings. The number of aromatic nitrogens is 2. The highest BCUT2D eigenvalue weighted by Crippen LogP contribution is 2.49. The van der Waals surface area contributed by atoms with Gasteiger partial charge >= 0.3 is 5.97 Å². The highest BCUT2D eigenvalue weighted by atomic mass is 33.1. The second-order valence-electron chi connectivity index (χ2n) is 15.8. The monoisotopic (exact) mass is 825 g/mol. The number of epoxide rings is 1. The van der Waals surface area contributed by atoms with Crippen molar-refractivity contribution < 1.29 is 38.5 Å². The zero-order valence-corrected chi connectivity index (χ0v) is 33.8. The van der Waals surface area contributed by atoms with E-state index in [0.717, 1.165) is 34.6 Å². The van der Waals surface area contributed by atoms with Crippen LogP contribution in [0.5, 0.6) is 11.5 Å². The van der Waals surface area contributed by atoms with Crippen LogP contribution in [0.25, 0.3) is 22.2 Å². The number of nitrogens with zero attached hydrogens (tertiary/aromatic N) is 3. The molecule has 0 spiro atoms. The number of quaternary nitrogens is 1. The molecule has 3 aromatic heterocycles. The van der Waals surface area contributed by atoms with Crippen LogP contribution in [-0.4, -0.2) is 74.7 Å². The van der Waals surface area contributed by atoms with Crippen LogP contribution in [0.4, 0.5) is 11.6 Å². The summed E-state index contributed by atoms with van der Waals surface area (Å²) in [6.45, 7) is 4.89. The van der Waals surface area contributed by atoms with E-state index in [1.54, 1.807) is 34.6 Å². The molecule has 1 unspecified atom stereocenters. The molecule has 0 saturated carbocycles. The smallest absolute Gasteiger partial charge is 0.341 e. The third-order valence-corrected chi connectivity index (χ3v) is 14.0. The van der Waals surface area contributed by atoms with Gasteiger partial charge in [0.15, 0.2) is 11.0 Å². The van der Waals surface area contributed by atoms with Crippen LogP contribution in [0.15, 0.2) is 68.1 Å². The molecule has 5 aliphatic heterocycles. The maximum absolute atomic E-state index is 14.3. The van der Waals surface area contributed by atoms with E-state index < -0.39 is 29.4 Å². The minimum atomic E-state index is -1.26. The number of carbonyl (C=O) groups is 1. The molecule has 302 valence electrons. The van der Waals surface area contributed by atoms with Gasteiger partial charge in [0, 0.05) is 71.6 Å². The first-order chi connectivity index (χ1) is 27.9. The normalized spacial score (nSPS) is 26.5. The Hall–Kier alpha value is -4.87. The third-order valence-electron chi connectivity index (χ3n) is 11.7. The number of ether oxygens (including phenoxy) is 3. The van der Waals surface area contributed by atoms with Crippen molar-refractivity contribution in [3.63, 3.8) is 0 Å². The third kappa shape index (κ3) is 7.14. The number of benzene rings is 1. The molecule has 2 bridgehead atoms. The van der Waals surface area contributed by atoms with E-state index in [9.17, 15) is 19.8 Å². The predicted octanol–water partition coefficient (Wildman–Crippen LogP) is 4.11. The minimum absolute atomic E-state index is 0.0467. The van der Waals surface area contributed by atoms with E-state index in [4.69, 9.17) is 40.1 Å². The number of pyridine rings is 2. The van der Waals surface area contributed by atoms with Gasteiger partial charge in [-0.1, -0.05) is 21.6 Å². The number of aliphatic imine (C=N–C) groups is 1. The summed E-state index contributed by atoms with van der Waals surface area (Å²) >= 11 is 0. The maximum Gasteiger partial charge on any atom is 0.341 e. The van der Waals surface area contributed by atoms with Crippen LogP contribution < -0.4 is 26.5 Å². The fraction of sp³-hybridized carbons (Fsp3) is 0.405. The lowest BCUT2D eigenvalue weighted by molar-refractivity contribution is -0.852. The van der Waals surface area contributed by atoms with E-state index in [2.05, 4.69) is 17.3 Å². The number of fused-ring (bicyclic) bond motifs is 9. The van der Waals surface area contributed by atoms with Gasteiger partial charge in [-0.3, -0.25) is 14.7 Å². The highest BCUT2D eigenvalue weighted by Gasteiger charge is 2.63. The molecule has 5 atom stereocenters. The number of aryl methyl sites for hydroxylation is 2. The molecule has 14 nitrogen and oxygen atoms in total. The standard InChI is InChI=1S/C42H44N6O8S2/c1-22-12-31(50)37-33(53-22)17-32-27(38(37)51)16-35-41(2,55-32)8-11-57-58-21-28-26(15-25(46-39(28)44)19-48-18-24-6-9-45-30(24)20-48)29-13-23(14-36(43)47-29)4-5-34-42(56-34,7-3-10-49)40(52)54-35/h6,9,12-15,17,20,34-35,49,51H,3-5,7-8,10-11,16,18-19,21H2,1-2H3,(H2,43,47)(H2,44,46)/p+1/t34-,35-,41+,42-/m1/s1. The van der Waals surface area contributed by atoms with Crippen LogP contribution in [-0.2, 0) is 39.4 Å². The fourth-order valence-electron chi connectivity index (χ4n) is 8.61. The maximum atomic E-state index is 14.3. The van der Waals surface area contributed by atoms with Gasteiger partial charge in [-0.25, -0.2) is 14.8 Å². The van der Waals surface area contributed by atoms with Gasteiger partial charge in [0.1, 0.15) is 76.6 Å². The zero-order chi connectivity index (χ0) is 40.3. The summed E-state index contributed by atoms with van der Waals surface area (Å²) in [5.41, 5.74) is 17.5. The molecular weight excluding hydrogens is 781 g/mol. The average Bonchev–Trinajstić information content (AvgIpc) is 3.49. The van der Waals surface area contributed by atoms with Crippen LogP contribution in [0, 0.1) is 6.92 Å². The number of aromatic hydroxyl groups is 1. The van der Waals surface area contributed by atoms with E-state index in [-0.39, 0.29) is 41.6 Å². The number of hydrogen-bond donors (Lipinski definition) is 5. The van der Waals surface area contributed by atoms with Crippen molar-refractivity contribution in [1.82, 2.24) is 9.97 Å². The largest absolute Gasteiger partial charge is 0.507 e. The minimum Gasteiger partial charge on any atom is -0.507 e. The first kappa shape index (κ1) is 38.6. The lowest BCUT2D eigenvalue weighted by Crippen LogP contribution is -3.04. The van der Waals surface area contributed by atoms with Crippen molar-refractivity contribution in [3.05, 3.63) is 92.2 Å². The van der Waals surface area contributed by atoms with Crippen molar-refractivity contribution in [2.45, 2.75) is 88.1 Å². The molecule has 8 heterocycles. The Morgan fingerprint density at radius 3 is 2.76 bits per heavy atom. The number of nitrogens with two attached hydrogens (primary N) is 2. The zero-order valence-electron chi connectivity index (χ0n) is 32.2. The van der Waals surface area contributed by atoms with Gasteiger partial charge in [0.05, 0.1) is 17.5 Å². The Bertz CT molecular complexity index is 2510. The summed E-state index contributed by atoms with van der Waals surface area (Å²) < 4.78 is 25.1. The second-order valence-corrected chi connectivity index (χ2v) is 18.4. The molecular formula is C42H45N6O8S2+. The first-order valence-electron chi connectivity index (χ1n) is 19.5. The van der Waals surface area contributed by atoms with Crippen LogP contribution in [0.2, 0.25) is 0 Å².